The average molecular weight is 370 g/mol. The maximum Gasteiger partial charge on any atom is 0.319 e. The Morgan fingerprint density at radius 3 is 2.84 bits per heavy atom. The molecule has 1 saturated heterocycles. The number of amides is 2. The first kappa shape index (κ1) is 18.4. The van der Waals surface area contributed by atoms with Crippen LogP contribution in [-0.2, 0) is 4.74 Å². The maximum atomic E-state index is 14.0. The van der Waals surface area contributed by atoms with E-state index >= 15 is 0 Å². The molecule has 5 nitrogen and oxygen atoms in total. The molecule has 1 aromatic carbocycles. The Hall–Kier alpha value is -1.37. The summed E-state index contributed by atoms with van der Waals surface area (Å²) in [6, 6.07) is 2.94. The maximum absolute atomic E-state index is 14.0. The Balaban J connectivity index is 1.61. The third kappa shape index (κ3) is 4.25. The number of urea groups is 1. The monoisotopic (exact) mass is 369 g/mol. The van der Waals surface area contributed by atoms with Crippen LogP contribution in [0.15, 0.2) is 12.1 Å². The molecule has 0 radical (unpaired) electrons. The van der Waals surface area contributed by atoms with Crippen molar-refractivity contribution in [3.63, 3.8) is 0 Å². The van der Waals surface area contributed by atoms with Crippen molar-refractivity contribution >= 4 is 23.3 Å². The number of benzene rings is 1. The molecular formula is C18H25ClFN3O2. The van der Waals surface area contributed by atoms with Crippen LogP contribution in [0.4, 0.5) is 14.9 Å². The molecule has 3 rings (SSSR count). The number of ether oxygens (including phenoxy) is 1. The van der Waals surface area contributed by atoms with E-state index in [1.165, 1.54) is 6.07 Å². The van der Waals surface area contributed by atoms with Crippen LogP contribution in [-0.4, -0.2) is 49.3 Å². The van der Waals surface area contributed by atoms with Gasteiger partial charge >= 0.3 is 6.03 Å². The highest BCUT2D eigenvalue weighted by atomic mass is 35.5. The number of nitrogens with one attached hydrogen (secondary N) is 2. The van der Waals surface area contributed by atoms with Gasteiger partial charge in [0, 0.05) is 32.3 Å². The number of methoxy groups -OCH3 is 1. The van der Waals surface area contributed by atoms with Crippen molar-refractivity contribution in [1.29, 1.82) is 0 Å². The van der Waals surface area contributed by atoms with E-state index in [0.29, 0.717) is 11.6 Å². The minimum Gasteiger partial charge on any atom is -0.380 e. The Kier molecular flexibility index (Phi) is 5.81. The van der Waals surface area contributed by atoms with Crippen LogP contribution in [0.25, 0.3) is 0 Å². The lowest BCUT2D eigenvalue weighted by Crippen LogP contribution is -2.49. The van der Waals surface area contributed by atoms with Gasteiger partial charge in [-0.25, -0.2) is 9.18 Å². The van der Waals surface area contributed by atoms with Crippen molar-refractivity contribution in [3.05, 3.63) is 28.5 Å². The highest BCUT2D eigenvalue weighted by molar-refractivity contribution is 6.33. The number of hydrogen-bond acceptors (Lipinski definition) is 3. The van der Waals surface area contributed by atoms with Gasteiger partial charge in [-0.1, -0.05) is 11.6 Å². The van der Waals surface area contributed by atoms with Gasteiger partial charge in [0.15, 0.2) is 0 Å². The fourth-order valence-corrected chi connectivity index (χ4v) is 4.24. The van der Waals surface area contributed by atoms with Gasteiger partial charge in [0.05, 0.1) is 16.8 Å². The van der Waals surface area contributed by atoms with Gasteiger partial charge in [-0.2, -0.15) is 0 Å². The summed E-state index contributed by atoms with van der Waals surface area (Å²) >= 11 is 6.06. The van der Waals surface area contributed by atoms with Crippen molar-refractivity contribution in [1.82, 2.24) is 10.2 Å². The highest BCUT2D eigenvalue weighted by Gasteiger charge is 2.36. The first-order chi connectivity index (χ1) is 12.0. The number of carbonyl (C=O) groups excluding carboxylic acids is 1. The van der Waals surface area contributed by atoms with Gasteiger partial charge in [-0.15, -0.1) is 0 Å². The number of aryl methyl sites for hydroxylation is 1. The summed E-state index contributed by atoms with van der Waals surface area (Å²) in [6.45, 7) is 3.64. The Morgan fingerprint density at radius 1 is 1.36 bits per heavy atom. The van der Waals surface area contributed by atoms with Gasteiger partial charge in [0.1, 0.15) is 5.82 Å². The largest absolute Gasteiger partial charge is 0.380 e. The smallest absolute Gasteiger partial charge is 0.319 e. The molecule has 7 heteroatoms. The summed E-state index contributed by atoms with van der Waals surface area (Å²) in [5.41, 5.74) is 0.742. The fourth-order valence-electron chi connectivity index (χ4n) is 3.93. The van der Waals surface area contributed by atoms with E-state index in [0.717, 1.165) is 38.8 Å². The van der Waals surface area contributed by atoms with E-state index in [-0.39, 0.29) is 22.9 Å². The minimum absolute atomic E-state index is 0.0277. The lowest BCUT2D eigenvalue weighted by Gasteiger charge is -2.30. The summed E-state index contributed by atoms with van der Waals surface area (Å²) in [5.74, 6) is -0.523. The van der Waals surface area contributed by atoms with Crippen LogP contribution < -0.4 is 10.6 Å². The van der Waals surface area contributed by atoms with Crippen LogP contribution in [0, 0.1) is 12.7 Å². The van der Waals surface area contributed by atoms with Crippen LogP contribution in [0.3, 0.4) is 0 Å². The fraction of sp³-hybridized carbons (Fsp3) is 0.611. The van der Waals surface area contributed by atoms with Crippen molar-refractivity contribution in [2.75, 3.05) is 25.5 Å². The van der Waals surface area contributed by atoms with Crippen molar-refractivity contribution in [3.8, 4) is 0 Å². The van der Waals surface area contributed by atoms with Crippen LogP contribution >= 0.6 is 11.6 Å². The highest BCUT2D eigenvalue weighted by Crippen LogP contribution is 2.29. The molecule has 2 N–H and O–H groups in total. The number of hydrogen-bond donors (Lipinski definition) is 2. The molecule has 138 valence electrons. The van der Waals surface area contributed by atoms with Crippen LogP contribution in [0.2, 0.25) is 5.02 Å². The van der Waals surface area contributed by atoms with E-state index in [1.807, 2.05) is 0 Å². The second-order valence-electron chi connectivity index (χ2n) is 6.95. The molecular weight excluding hydrogens is 345 g/mol. The molecule has 3 atom stereocenters. The van der Waals surface area contributed by atoms with Gasteiger partial charge in [0.25, 0.3) is 0 Å². The average Bonchev–Trinajstić information content (AvgIpc) is 3.19. The predicted octanol–water partition coefficient (Wildman–Crippen LogP) is 3.55. The van der Waals surface area contributed by atoms with Gasteiger partial charge in [0.2, 0.25) is 0 Å². The minimum atomic E-state index is -0.523. The zero-order valence-corrected chi connectivity index (χ0v) is 15.4. The lowest BCUT2D eigenvalue weighted by atomic mass is 10.1. The number of nitrogens with zero attached hydrogens (tertiary/aromatic N) is 1. The second kappa shape index (κ2) is 7.89. The predicted molar refractivity (Wildman–Crippen MR) is 96.7 cm³/mol. The molecule has 2 amide bonds. The standard InChI is InChI=1S/C18H25ClFN3O2/c1-11-8-13(19)17(14(20)9-11)22-18(24)21-15-4-3-5-16(15)23-7-6-12(10-23)25-2/h8-9,12,15-16H,3-7,10H2,1-2H3,(H2,21,22,24)/t12?,15-,16+/m0/s1. The molecule has 1 aliphatic carbocycles. The number of rotatable bonds is 4. The van der Waals surface area contributed by atoms with E-state index in [1.54, 1.807) is 20.1 Å². The first-order valence-corrected chi connectivity index (χ1v) is 9.15. The van der Waals surface area contributed by atoms with E-state index in [9.17, 15) is 9.18 Å². The SMILES string of the molecule is COC1CCN([C@@H]2CCC[C@@H]2NC(=O)Nc2c(F)cc(C)cc2Cl)C1. The first-order valence-electron chi connectivity index (χ1n) is 8.78. The number of carbonyl (C=O) groups is 1. The van der Waals surface area contributed by atoms with Gasteiger partial charge in [-0.3, -0.25) is 4.90 Å². The summed E-state index contributed by atoms with van der Waals surface area (Å²) in [6.07, 6.45) is 4.35. The molecule has 1 aromatic rings. The molecule has 0 spiro atoms. The molecule has 0 aromatic heterocycles. The molecule has 25 heavy (non-hydrogen) atoms. The van der Waals surface area contributed by atoms with Crippen LogP contribution in [0.5, 0.6) is 0 Å². The molecule has 2 fully saturated rings. The van der Waals surface area contributed by atoms with E-state index in [2.05, 4.69) is 15.5 Å². The third-order valence-corrected chi connectivity index (χ3v) is 5.50. The summed E-state index contributed by atoms with van der Waals surface area (Å²) in [5, 5.41) is 5.77. The Bertz CT molecular complexity index is 620. The Morgan fingerprint density at radius 2 is 2.16 bits per heavy atom. The van der Waals surface area contributed by atoms with Gasteiger partial charge < -0.3 is 15.4 Å². The normalized spacial score (nSPS) is 26.8. The number of likely N-dealkylation sites (tertiary alicyclic amines) is 1. The van der Waals surface area contributed by atoms with Crippen molar-refractivity contribution in [2.45, 2.75) is 50.8 Å². The third-order valence-electron chi connectivity index (χ3n) is 5.20. The lowest BCUT2D eigenvalue weighted by molar-refractivity contribution is 0.0985. The van der Waals surface area contributed by atoms with Crippen LogP contribution in [0.1, 0.15) is 31.2 Å². The zero-order chi connectivity index (χ0) is 18.0. The molecule has 1 aliphatic heterocycles. The summed E-state index contributed by atoms with van der Waals surface area (Å²) in [4.78, 5) is 14.7. The van der Waals surface area contributed by atoms with Crippen molar-refractivity contribution < 1.29 is 13.9 Å². The molecule has 0 bridgehead atoms. The van der Waals surface area contributed by atoms with E-state index < -0.39 is 11.8 Å². The number of anilines is 1. The summed E-state index contributed by atoms with van der Waals surface area (Å²) < 4.78 is 19.5. The topological polar surface area (TPSA) is 53.6 Å². The van der Waals surface area contributed by atoms with Gasteiger partial charge in [-0.05, 0) is 50.3 Å². The quantitative estimate of drug-likeness (QED) is 0.853. The molecule has 1 heterocycles. The Labute approximate surface area is 152 Å². The molecule has 1 saturated carbocycles. The van der Waals surface area contributed by atoms with E-state index in [4.69, 9.17) is 16.3 Å². The summed E-state index contributed by atoms with van der Waals surface area (Å²) in [7, 11) is 1.74. The zero-order valence-electron chi connectivity index (χ0n) is 14.6. The molecule has 2 aliphatic rings. The van der Waals surface area contributed by atoms with Crippen molar-refractivity contribution in [2.24, 2.45) is 0 Å². The second-order valence-corrected chi connectivity index (χ2v) is 7.36. The number of halogens is 2. The molecule has 1 unspecified atom stereocenters.